The minimum absolute atomic E-state index is 0.0499. The Balaban J connectivity index is 1.37. The van der Waals surface area contributed by atoms with E-state index in [1.54, 1.807) is 6.20 Å². The van der Waals surface area contributed by atoms with Gasteiger partial charge in [-0.3, -0.25) is 0 Å². The van der Waals surface area contributed by atoms with E-state index in [-0.39, 0.29) is 6.03 Å². The van der Waals surface area contributed by atoms with Gasteiger partial charge >= 0.3 is 6.03 Å². The molecule has 1 saturated heterocycles. The van der Waals surface area contributed by atoms with Gasteiger partial charge in [-0.1, -0.05) is 36.4 Å². The molecule has 0 aliphatic carbocycles. The lowest BCUT2D eigenvalue weighted by Crippen LogP contribution is -2.32. The van der Waals surface area contributed by atoms with Crippen LogP contribution in [0.4, 0.5) is 27.9 Å². The molecular formula is C23H27BN6O. The van der Waals surface area contributed by atoms with Crippen LogP contribution in [0.2, 0.25) is 0 Å². The molecule has 31 heavy (non-hydrogen) atoms. The summed E-state index contributed by atoms with van der Waals surface area (Å²) in [7, 11) is 1.99. The number of amides is 2. The van der Waals surface area contributed by atoms with Gasteiger partial charge in [-0.2, -0.15) is 4.98 Å². The molecule has 8 heteroatoms. The Morgan fingerprint density at radius 3 is 2.61 bits per heavy atom. The number of carbonyl (C=O) groups is 1. The second-order valence-electron chi connectivity index (χ2n) is 7.72. The Bertz CT molecular complexity index is 1020. The molecular weight excluding hydrogens is 387 g/mol. The fourth-order valence-electron chi connectivity index (χ4n) is 3.58. The number of anilines is 4. The van der Waals surface area contributed by atoms with Gasteiger partial charge in [0.05, 0.1) is 0 Å². The van der Waals surface area contributed by atoms with Crippen LogP contribution in [0.1, 0.15) is 18.4 Å². The second kappa shape index (κ2) is 9.97. The van der Waals surface area contributed by atoms with Gasteiger partial charge in [0, 0.05) is 37.2 Å². The molecule has 0 atom stereocenters. The van der Waals surface area contributed by atoms with Crippen molar-refractivity contribution >= 4 is 42.5 Å². The predicted octanol–water partition coefficient (Wildman–Crippen LogP) is 2.76. The fourth-order valence-corrected chi connectivity index (χ4v) is 3.58. The van der Waals surface area contributed by atoms with Crippen molar-refractivity contribution in [3.63, 3.8) is 0 Å². The Hall–Kier alpha value is -3.55. The molecule has 0 saturated carbocycles. The van der Waals surface area contributed by atoms with Gasteiger partial charge in [-0.05, 0) is 48.5 Å². The van der Waals surface area contributed by atoms with Crippen LogP contribution in [0.3, 0.4) is 0 Å². The summed E-state index contributed by atoms with van der Waals surface area (Å²) in [5, 5.41) is 9.61. The molecule has 7 nitrogen and oxygen atoms in total. The van der Waals surface area contributed by atoms with Gasteiger partial charge in [0.15, 0.2) is 0 Å². The lowest BCUT2D eigenvalue weighted by Gasteiger charge is -2.16. The van der Waals surface area contributed by atoms with Gasteiger partial charge in [-0.15, -0.1) is 0 Å². The first kappa shape index (κ1) is 20.7. The van der Waals surface area contributed by atoms with E-state index in [9.17, 15) is 4.79 Å². The minimum atomic E-state index is -0.0499. The number of hydrogen-bond acceptors (Lipinski definition) is 5. The first-order valence-electron chi connectivity index (χ1n) is 10.7. The molecule has 1 aliphatic rings. The highest BCUT2D eigenvalue weighted by atomic mass is 16.2. The third-order valence-electron chi connectivity index (χ3n) is 5.28. The summed E-state index contributed by atoms with van der Waals surface area (Å²) in [5.41, 5.74) is 3.84. The van der Waals surface area contributed by atoms with Crippen molar-refractivity contribution in [2.45, 2.75) is 19.3 Å². The maximum Gasteiger partial charge on any atom is 0.321 e. The molecule has 3 N–H and O–H groups in total. The van der Waals surface area contributed by atoms with E-state index in [1.807, 2.05) is 43.1 Å². The smallest absolute Gasteiger partial charge is 0.321 e. The Labute approximate surface area is 183 Å². The summed E-state index contributed by atoms with van der Waals surface area (Å²) in [5.74, 6) is 1.32. The SMILES string of the molecule is Bc1cnc(Nc2cccc(NC(=O)N3CCCC3)c2)nc1NCCc1ccccc1. The molecule has 2 aromatic carbocycles. The summed E-state index contributed by atoms with van der Waals surface area (Å²) in [6.45, 7) is 2.43. The van der Waals surface area contributed by atoms with Gasteiger partial charge in [0.2, 0.25) is 5.95 Å². The van der Waals surface area contributed by atoms with E-state index >= 15 is 0 Å². The monoisotopic (exact) mass is 414 g/mol. The normalized spacial score (nSPS) is 13.1. The van der Waals surface area contributed by atoms with Crippen LogP contribution >= 0.6 is 0 Å². The molecule has 2 amide bonds. The van der Waals surface area contributed by atoms with Gasteiger partial charge in [0.25, 0.3) is 0 Å². The van der Waals surface area contributed by atoms with E-state index in [1.165, 1.54) is 5.56 Å². The summed E-state index contributed by atoms with van der Waals surface area (Å²) < 4.78 is 0. The maximum absolute atomic E-state index is 12.3. The van der Waals surface area contributed by atoms with E-state index in [0.717, 1.165) is 61.6 Å². The first-order chi connectivity index (χ1) is 15.2. The first-order valence-corrected chi connectivity index (χ1v) is 10.7. The standard InChI is InChI=1S/C23H27BN6O/c24-20-16-26-22(29-21(20)25-12-11-17-7-2-1-3-8-17)27-18-9-6-10-19(15-18)28-23(31)30-13-4-5-14-30/h1-3,6-10,15-16H,4-5,11-14,24H2,(H,28,31)(H2,25,26,27,29). The highest BCUT2D eigenvalue weighted by molar-refractivity contribution is 6.35. The number of benzene rings is 2. The molecule has 1 aliphatic heterocycles. The van der Waals surface area contributed by atoms with Gasteiger partial charge in [-0.25, -0.2) is 9.78 Å². The second-order valence-corrected chi connectivity index (χ2v) is 7.72. The molecule has 0 unspecified atom stereocenters. The third-order valence-corrected chi connectivity index (χ3v) is 5.28. The Kier molecular flexibility index (Phi) is 6.67. The summed E-state index contributed by atoms with van der Waals surface area (Å²) >= 11 is 0. The molecule has 1 aromatic heterocycles. The number of rotatable bonds is 7. The number of nitrogens with one attached hydrogen (secondary N) is 3. The number of nitrogens with zero attached hydrogens (tertiary/aromatic N) is 3. The number of likely N-dealkylation sites (tertiary alicyclic amines) is 1. The van der Waals surface area contributed by atoms with Crippen molar-refractivity contribution in [3.8, 4) is 0 Å². The molecule has 0 spiro atoms. The van der Waals surface area contributed by atoms with Crippen molar-refractivity contribution in [2.75, 3.05) is 35.6 Å². The van der Waals surface area contributed by atoms with Gasteiger partial charge < -0.3 is 20.9 Å². The quantitative estimate of drug-likeness (QED) is 0.518. The van der Waals surface area contributed by atoms with Crippen LogP contribution in [-0.4, -0.2) is 48.4 Å². The predicted molar refractivity (Wildman–Crippen MR) is 128 cm³/mol. The van der Waals surface area contributed by atoms with E-state index in [4.69, 9.17) is 0 Å². The molecule has 4 rings (SSSR count). The molecule has 0 bridgehead atoms. The third kappa shape index (κ3) is 5.75. The largest absolute Gasteiger partial charge is 0.370 e. The molecule has 0 radical (unpaired) electrons. The Morgan fingerprint density at radius 1 is 1.03 bits per heavy atom. The lowest BCUT2D eigenvalue weighted by molar-refractivity contribution is 0.222. The average molecular weight is 414 g/mol. The summed E-state index contributed by atoms with van der Waals surface area (Å²) in [6.07, 6.45) is 4.87. The lowest BCUT2D eigenvalue weighted by atomic mass is 9.99. The zero-order valence-electron chi connectivity index (χ0n) is 17.8. The number of hydrogen-bond donors (Lipinski definition) is 3. The molecule has 158 valence electrons. The van der Waals surface area contributed by atoms with Crippen molar-refractivity contribution < 1.29 is 4.79 Å². The van der Waals surface area contributed by atoms with Crippen LogP contribution in [0.15, 0.2) is 60.8 Å². The zero-order chi connectivity index (χ0) is 21.5. The van der Waals surface area contributed by atoms with Crippen LogP contribution in [0, 0.1) is 0 Å². The van der Waals surface area contributed by atoms with Crippen molar-refractivity contribution in [1.82, 2.24) is 14.9 Å². The van der Waals surface area contributed by atoms with Crippen molar-refractivity contribution in [2.24, 2.45) is 0 Å². The molecule has 3 aromatic rings. The average Bonchev–Trinajstić information content (AvgIpc) is 3.32. The maximum atomic E-state index is 12.3. The van der Waals surface area contributed by atoms with Gasteiger partial charge in [0.1, 0.15) is 13.7 Å². The fraction of sp³-hybridized carbons (Fsp3) is 0.261. The van der Waals surface area contributed by atoms with E-state index in [2.05, 4.69) is 50.2 Å². The van der Waals surface area contributed by atoms with Crippen LogP contribution < -0.4 is 21.4 Å². The highest BCUT2D eigenvalue weighted by Gasteiger charge is 2.17. The topological polar surface area (TPSA) is 82.2 Å². The number of urea groups is 1. The van der Waals surface area contributed by atoms with Crippen molar-refractivity contribution in [3.05, 3.63) is 66.4 Å². The highest BCUT2D eigenvalue weighted by Crippen LogP contribution is 2.19. The number of carbonyl (C=O) groups excluding carboxylic acids is 1. The number of aromatic nitrogens is 2. The summed E-state index contributed by atoms with van der Waals surface area (Å²) in [4.78, 5) is 23.2. The van der Waals surface area contributed by atoms with Crippen molar-refractivity contribution in [1.29, 1.82) is 0 Å². The van der Waals surface area contributed by atoms with E-state index < -0.39 is 0 Å². The zero-order valence-corrected chi connectivity index (χ0v) is 17.8. The molecule has 2 heterocycles. The summed E-state index contributed by atoms with van der Waals surface area (Å²) in [6, 6.07) is 17.9. The van der Waals surface area contributed by atoms with Crippen LogP contribution in [0.25, 0.3) is 0 Å². The molecule has 1 fully saturated rings. The van der Waals surface area contributed by atoms with E-state index in [0.29, 0.717) is 5.95 Å². The van der Waals surface area contributed by atoms with Crippen LogP contribution in [0.5, 0.6) is 0 Å². The Morgan fingerprint density at radius 2 is 1.81 bits per heavy atom. The van der Waals surface area contributed by atoms with Crippen LogP contribution in [-0.2, 0) is 6.42 Å². The minimum Gasteiger partial charge on any atom is -0.370 e.